The Morgan fingerprint density at radius 2 is 1.76 bits per heavy atom. The van der Waals surface area contributed by atoms with Gasteiger partial charge in [0.2, 0.25) is 0 Å². The summed E-state index contributed by atoms with van der Waals surface area (Å²) in [6.45, 7) is 4.67. The molecular weight excluding hydrogens is 336 g/mol. The summed E-state index contributed by atoms with van der Waals surface area (Å²) >= 11 is 3.48. The number of hydrogen-bond donors (Lipinski definition) is 1. The third-order valence-electron chi connectivity index (χ3n) is 3.51. The summed E-state index contributed by atoms with van der Waals surface area (Å²) in [7, 11) is 0. The van der Waals surface area contributed by atoms with Gasteiger partial charge in [0.25, 0.3) is 0 Å². The highest BCUT2D eigenvalue weighted by Gasteiger charge is 2.16. The Morgan fingerprint density at radius 3 is 2.43 bits per heavy atom. The van der Waals surface area contributed by atoms with Crippen molar-refractivity contribution in [3.63, 3.8) is 0 Å². The highest BCUT2D eigenvalue weighted by atomic mass is 79.9. The predicted molar refractivity (Wildman–Crippen MR) is 85.4 cm³/mol. The third-order valence-corrected chi connectivity index (χ3v) is 4.23. The van der Waals surface area contributed by atoms with E-state index in [9.17, 15) is 8.78 Å². The molecule has 0 saturated heterocycles. The molecule has 0 aliphatic carbocycles. The normalized spacial score (nSPS) is 12.4. The number of benzene rings is 2. The maximum atomic E-state index is 13.5. The van der Waals surface area contributed by atoms with Crippen molar-refractivity contribution < 1.29 is 8.78 Å². The van der Waals surface area contributed by atoms with Crippen molar-refractivity contribution in [2.75, 3.05) is 6.54 Å². The topological polar surface area (TPSA) is 12.0 Å². The van der Waals surface area contributed by atoms with E-state index in [-0.39, 0.29) is 17.7 Å². The lowest BCUT2D eigenvalue weighted by Crippen LogP contribution is -2.23. The van der Waals surface area contributed by atoms with Crippen LogP contribution in [0.2, 0.25) is 0 Å². The fraction of sp³-hybridized carbons (Fsp3) is 0.294. The highest BCUT2D eigenvalue weighted by Crippen LogP contribution is 2.28. The molecule has 0 heterocycles. The molecule has 0 bridgehead atoms. The average molecular weight is 354 g/mol. The minimum atomic E-state index is -0.257. The van der Waals surface area contributed by atoms with E-state index < -0.39 is 0 Å². The third kappa shape index (κ3) is 4.11. The summed E-state index contributed by atoms with van der Waals surface area (Å²) in [6.07, 6.45) is 0.683. The predicted octanol–water partition coefficient (Wildman–Crippen LogP) is 4.93. The lowest BCUT2D eigenvalue weighted by Gasteiger charge is -2.21. The fourth-order valence-electron chi connectivity index (χ4n) is 2.43. The second-order valence-electron chi connectivity index (χ2n) is 5.05. The Balaban J connectivity index is 2.32. The second kappa shape index (κ2) is 7.14. The minimum absolute atomic E-state index is 0.0239. The first kappa shape index (κ1) is 16.1. The Morgan fingerprint density at radius 1 is 1.10 bits per heavy atom. The molecule has 1 unspecified atom stereocenters. The van der Waals surface area contributed by atoms with Crippen molar-refractivity contribution in [1.82, 2.24) is 5.32 Å². The van der Waals surface area contributed by atoms with Gasteiger partial charge in [0, 0.05) is 10.5 Å². The van der Waals surface area contributed by atoms with E-state index in [1.165, 1.54) is 24.3 Å². The fourth-order valence-corrected chi connectivity index (χ4v) is 2.95. The monoisotopic (exact) mass is 353 g/mol. The number of nitrogens with one attached hydrogen (secondary N) is 1. The van der Waals surface area contributed by atoms with Gasteiger partial charge in [0.1, 0.15) is 11.6 Å². The summed E-state index contributed by atoms with van der Waals surface area (Å²) in [5.41, 5.74) is 2.84. The maximum Gasteiger partial charge on any atom is 0.123 e. The van der Waals surface area contributed by atoms with Gasteiger partial charge in [-0.15, -0.1) is 0 Å². The zero-order valence-electron chi connectivity index (χ0n) is 12.1. The minimum Gasteiger partial charge on any atom is -0.310 e. The summed E-state index contributed by atoms with van der Waals surface area (Å²) in [5.74, 6) is -0.491. The molecule has 0 aliphatic rings. The summed E-state index contributed by atoms with van der Waals surface area (Å²) in [5, 5.41) is 3.37. The van der Waals surface area contributed by atoms with Crippen LogP contribution < -0.4 is 5.32 Å². The summed E-state index contributed by atoms with van der Waals surface area (Å²) in [6, 6.07) is 9.44. The van der Waals surface area contributed by atoms with Crippen LogP contribution in [0.4, 0.5) is 8.78 Å². The quantitative estimate of drug-likeness (QED) is 0.803. The van der Waals surface area contributed by atoms with Crippen LogP contribution in [0, 0.1) is 18.6 Å². The Labute approximate surface area is 132 Å². The van der Waals surface area contributed by atoms with Gasteiger partial charge in [0.05, 0.1) is 0 Å². The number of rotatable bonds is 5. The summed E-state index contributed by atoms with van der Waals surface area (Å²) < 4.78 is 27.6. The van der Waals surface area contributed by atoms with Crippen LogP contribution >= 0.6 is 15.9 Å². The number of halogens is 3. The molecule has 21 heavy (non-hydrogen) atoms. The first-order valence-corrected chi connectivity index (χ1v) is 7.74. The van der Waals surface area contributed by atoms with Gasteiger partial charge in [-0.25, -0.2) is 8.78 Å². The molecule has 2 aromatic rings. The standard InChI is InChI=1S/C17H18BrF2N/c1-3-21-17(15-10-14(20)6-7-16(15)18)9-12-4-5-13(19)8-11(12)2/h4-8,10,17,21H,3,9H2,1-2H3. The molecule has 0 radical (unpaired) electrons. The molecule has 2 rings (SSSR count). The zero-order valence-corrected chi connectivity index (χ0v) is 13.7. The molecular formula is C17H18BrF2N. The van der Waals surface area contributed by atoms with Gasteiger partial charge in [0.15, 0.2) is 0 Å². The molecule has 0 spiro atoms. The van der Waals surface area contributed by atoms with Crippen molar-refractivity contribution in [2.24, 2.45) is 0 Å². The van der Waals surface area contributed by atoms with E-state index >= 15 is 0 Å². The van der Waals surface area contributed by atoms with Gasteiger partial charge in [-0.2, -0.15) is 0 Å². The van der Waals surface area contributed by atoms with E-state index in [4.69, 9.17) is 0 Å². The van der Waals surface area contributed by atoms with Gasteiger partial charge >= 0.3 is 0 Å². The molecule has 1 N–H and O–H groups in total. The smallest absolute Gasteiger partial charge is 0.123 e. The van der Waals surface area contributed by atoms with Crippen LogP contribution in [0.3, 0.4) is 0 Å². The van der Waals surface area contributed by atoms with E-state index in [0.29, 0.717) is 6.42 Å². The Bertz CT molecular complexity index is 628. The van der Waals surface area contributed by atoms with Crippen LogP contribution in [-0.2, 0) is 6.42 Å². The molecule has 0 amide bonds. The highest BCUT2D eigenvalue weighted by molar-refractivity contribution is 9.10. The van der Waals surface area contributed by atoms with Crippen LogP contribution in [0.15, 0.2) is 40.9 Å². The molecule has 1 atom stereocenters. The van der Waals surface area contributed by atoms with E-state index in [1.54, 1.807) is 12.1 Å². The largest absolute Gasteiger partial charge is 0.310 e. The lowest BCUT2D eigenvalue weighted by molar-refractivity contribution is 0.538. The van der Waals surface area contributed by atoms with Crippen LogP contribution in [0.5, 0.6) is 0 Å². The summed E-state index contributed by atoms with van der Waals surface area (Å²) in [4.78, 5) is 0. The molecule has 1 nitrogen and oxygen atoms in total. The lowest BCUT2D eigenvalue weighted by atomic mass is 9.96. The van der Waals surface area contributed by atoms with Crippen molar-refractivity contribution in [3.8, 4) is 0 Å². The first-order chi connectivity index (χ1) is 10.0. The van der Waals surface area contributed by atoms with Gasteiger partial charge in [-0.05, 0) is 66.9 Å². The zero-order chi connectivity index (χ0) is 15.4. The van der Waals surface area contributed by atoms with E-state index in [2.05, 4.69) is 21.2 Å². The van der Waals surface area contributed by atoms with E-state index in [1.807, 2.05) is 13.8 Å². The van der Waals surface area contributed by atoms with Crippen LogP contribution in [-0.4, -0.2) is 6.54 Å². The Kier molecular flexibility index (Phi) is 5.48. The van der Waals surface area contributed by atoms with Gasteiger partial charge in [-0.3, -0.25) is 0 Å². The van der Waals surface area contributed by atoms with Crippen LogP contribution in [0.25, 0.3) is 0 Å². The first-order valence-electron chi connectivity index (χ1n) is 6.94. The Hall–Kier alpha value is -1.26. The van der Waals surface area contributed by atoms with E-state index in [0.717, 1.165) is 27.7 Å². The van der Waals surface area contributed by atoms with Crippen LogP contribution in [0.1, 0.15) is 29.7 Å². The van der Waals surface area contributed by atoms with Gasteiger partial charge < -0.3 is 5.32 Å². The number of hydrogen-bond acceptors (Lipinski definition) is 1. The molecule has 0 fully saturated rings. The SMILES string of the molecule is CCNC(Cc1ccc(F)cc1C)c1cc(F)ccc1Br. The number of likely N-dealkylation sites (N-methyl/N-ethyl adjacent to an activating group) is 1. The molecule has 0 aliphatic heterocycles. The molecule has 112 valence electrons. The maximum absolute atomic E-state index is 13.5. The van der Waals surface area contributed by atoms with Crippen molar-refractivity contribution >= 4 is 15.9 Å². The van der Waals surface area contributed by atoms with Crippen molar-refractivity contribution in [3.05, 3.63) is 69.2 Å². The molecule has 4 heteroatoms. The van der Waals surface area contributed by atoms with Crippen molar-refractivity contribution in [2.45, 2.75) is 26.3 Å². The molecule has 0 aromatic heterocycles. The molecule has 2 aromatic carbocycles. The number of aryl methyl sites for hydroxylation is 1. The second-order valence-corrected chi connectivity index (χ2v) is 5.91. The van der Waals surface area contributed by atoms with Crippen molar-refractivity contribution in [1.29, 1.82) is 0 Å². The average Bonchev–Trinajstić information content (AvgIpc) is 2.44. The molecule has 0 saturated carbocycles. The van der Waals surface area contributed by atoms with Gasteiger partial charge in [-0.1, -0.05) is 28.9 Å².